The molecule has 33 heavy (non-hydrogen) atoms. The van der Waals surface area contributed by atoms with Gasteiger partial charge in [-0.3, -0.25) is 4.79 Å². The number of hydrogen-bond acceptors (Lipinski definition) is 6. The lowest BCUT2D eigenvalue weighted by molar-refractivity contribution is -0.137. The third kappa shape index (κ3) is 5.32. The third-order valence-electron chi connectivity index (χ3n) is 5.49. The zero-order valence-electron chi connectivity index (χ0n) is 17.8. The van der Waals surface area contributed by atoms with E-state index in [-0.39, 0.29) is 23.5 Å². The summed E-state index contributed by atoms with van der Waals surface area (Å²) in [6.07, 6.45) is -1.30. The van der Waals surface area contributed by atoms with Gasteiger partial charge in [-0.2, -0.15) is 17.6 Å². The zero-order valence-corrected chi connectivity index (χ0v) is 18.6. The molecule has 0 radical (unpaired) electrons. The van der Waals surface area contributed by atoms with Crippen LogP contribution in [0.25, 0.3) is 0 Å². The summed E-state index contributed by atoms with van der Waals surface area (Å²) in [7, 11) is 0. The number of ketones is 1. The van der Waals surface area contributed by atoms with E-state index in [1.807, 2.05) is 12.1 Å². The van der Waals surface area contributed by atoms with Crippen LogP contribution in [-0.4, -0.2) is 22.3 Å². The molecule has 10 heteroatoms. The van der Waals surface area contributed by atoms with Crippen LogP contribution >= 0.6 is 11.3 Å². The summed E-state index contributed by atoms with van der Waals surface area (Å²) in [5.74, 6) is -0.342. The lowest BCUT2D eigenvalue weighted by Crippen LogP contribution is -2.25. The van der Waals surface area contributed by atoms with Gasteiger partial charge >= 0.3 is 6.18 Å². The van der Waals surface area contributed by atoms with Crippen molar-refractivity contribution in [3.8, 4) is 0 Å². The fraction of sp³-hybridized carbons (Fsp3) is 0.348. The van der Waals surface area contributed by atoms with Crippen molar-refractivity contribution in [2.45, 2.75) is 44.9 Å². The highest BCUT2D eigenvalue weighted by Gasteiger charge is 2.33. The maximum absolute atomic E-state index is 15.3. The lowest BCUT2D eigenvalue weighted by Gasteiger charge is -2.27. The zero-order chi connectivity index (χ0) is 23.6. The lowest BCUT2D eigenvalue weighted by atomic mass is 10.0. The first-order chi connectivity index (χ1) is 15.7. The fourth-order valence-corrected chi connectivity index (χ4v) is 5.00. The Morgan fingerprint density at radius 1 is 1.15 bits per heavy atom. The molecule has 2 aromatic heterocycles. The number of alkyl halides is 3. The van der Waals surface area contributed by atoms with Crippen LogP contribution in [0.1, 0.15) is 46.7 Å². The van der Waals surface area contributed by atoms with Gasteiger partial charge in [-0.25, -0.2) is 9.97 Å². The molecule has 5 nitrogen and oxygen atoms in total. The standard InChI is InChI=1S/C23H22F4N4OS/c1-14(32)11-17-8-9-18(33-17)12-28-21-20(24)22(30-13-29-21)31-10-2-3-19(31)15-4-6-16(7-5-15)23(25,26)27/h4-9,13,19H,2-3,10-12H2,1H3,(H,28,29,30). The van der Waals surface area contributed by atoms with Gasteiger partial charge in [-0.1, -0.05) is 12.1 Å². The Kier molecular flexibility index (Phi) is 6.64. The van der Waals surface area contributed by atoms with E-state index in [0.717, 1.165) is 28.3 Å². The Morgan fingerprint density at radius 2 is 1.88 bits per heavy atom. The average Bonchev–Trinajstić information content (AvgIpc) is 3.42. The summed E-state index contributed by atoms with van der Waals surface area (Å²) in [6, 6.07) is 8.49. The summed E-state index contributed by atoms with van der Waals surface area (Å²) in [6.45, 7) is 2.42. The maximum atomic E-state index is 15.3. The Hall–Kier alpha value is -3.01. The van der Waals surface area contributed by atoms with Gasteiger partial charge in [0.25, 0.3) is 0 Å². The highest BCUT2D eigenvalue weighted by atomic mass is 32.1. The van der Waals surface area contributed by atoms with Crippen molar-refractivity contribution in [1.29, 1.82) is 0 Å². The molecule has 174 valence electrons. The van der Waals surface area contributed by atoms with Crippen molar-refractivity contribution in [3.63, 3.8) is 0 Å². The van der Waals surface area contributed by atoms with Crippen molar-refractivity contribution < 1.29 is 22.4 Å². The van der Waals surface area contributed by atoms with E-state index < -0.39 is 17.6 Å². The van der Waals surface area contributed by atoms with Crippen molar-refractivity contribution in [1.82, 2.24) is 9.97 Å². The van der Waals surface area contributed by atoms with Gasteiger partial charge in [0.1, 0.15) is 12.1 Å². The molecule has 1 aromatic carbocycles. The first-order valence-corrected chi connectivity index (χ1v) is 11.3. The van der Waals surface area contributed by atoms with Crippen LogP contribution in [0.5, 0.6) is 0 Å². The normalized spacial score (nSPS) is 16.3. The second kappa shape index (κ2) is 9.46. The van der Waals surface area contributed by atoms with Crippen LogP contribution in [0.3, 0.4) is 0 Å². The van der Waals surface area contributed by atoms with E-state index in [0.29, 0.717) is 31.5 Å². The van der Waals surface area contributed by atoms with Gasteiger partial charge in [0.15, 0.2) is 11.6 Å². The smallest absolute Gasteiger partial charge is 0.363 e. The Labute approximate surface area is 192 Å². The van der Waals surface area contributed by atoms with Crippen LogP contribution < -0.4 is 10.2 Å². The fourth-order valence-electron chi connectivity index (χ4n) is 3.97. The number of anilines is 2. The Morgan fingerprint density at radius 3 is 2.58 bits per heavy atom. The van der Waals surface area contributed by atoms with Gasteiger partial charge in [-0.15, -0.1) is 11.3 Å². The average molecular weight is 479 g/mol. The number of thiophene rings is 1. The second-order valence-corrected chi connectivity index (χ2v) is 9.18. The van der Waals surface area contributed by atoms with Gasteiger partial charge < -0.3 is 10.2 Å². The number of benzene rings is 1. The minimum Gasteiger partial charge on any atom is -0.363 e. The molecule has 1 unspecified atom stereocenters. The van der Waals surface area contributed by atoms with Crippen LogP contribution in [0.2, 0.25) is 0 Å². The van der Waals surface area contributed by atoms with Crippen LogP contribution in [0.4, 0.5) is 29.2 Å². The first-order valence-electron chi connectivity index (χ1n) is 10.5. The molecule has 0 amide bonds. The first kappa shape index (κ1) is 23.2. The minimum atomic E-state index is -4.40. The molecule has 1 saturated heterocycles. The molecule has 0 saturated carbocycles. The maximum Gasteiger partial charge on any atom is 0.416 e. The third-order valence-corrected chi connectivity index (χ3v) is 6.57. The van der Waals surface area contributed by atoms with E-state index >= 15 is 4.39 Å². The van der Waals surface area contributed by atoms with Crippen LogP contribution in [0, 0.1) is 5.82 Å². The SMILES string of the molecule is CC(=O)Cc1ccc(CNc2ncnc(N3CCCC3c3ccc(C(F)(F)F)cc3)c2F)s1. The number of halogens is 4. The molecule has 1 aliphatic heterocycles. The van der Waals surface area contributed by atoms with Crippen molar-refractivity contribution in [2.24, 2.45) is 0 Å². The second-order valence-electron chi connectivity index (χ2n) is 7.93. The highest BCUT2D eigenvalue weighted by Crippen LogP contribution is 2.38. The predicted molar refractivity (Wildman–Crippen MR) is 119 cm³/mol. The number of hydrogen-bond donors (Lipinski definition) is 1. The van der Waals surface area contributed by atoms with Gasteiger partial charge in [0.2, 0.25) is 5.82 Å². The number of Topliss-reactive ketones (excluding diaryl/α,β-unsaturated/α-hetero) is 1. The van der Waals surface area contributed by atoms with Crippen molar-refractivity contribution in [2.75, 3.05) is 16.8 Å². The molecule has 1 atom stereocenters. The Balaban J connectivity index is 1.50. The summed E-state index contributed by atoms with van der Waals surface area (Å²) in [5.41, 5.74) is -0.0276. The van der Waals surface area contributed by atoms with E-state index in [4.69, 9.17) is 0 Å². The quantitative estimate of drug-likeness (QED) is 0.436. The number of carbonyl (C=O) groups is 1. The van der Waals surface area contributed by atoms with Crippen molar-refractivity contribution >= 4 is 28.8 Å². The molecule has 0 bridgehead atoms. The molecular formula is C23H22F4N4OS. The minimum absolute atomic E-state index is 0.0552. The number of nitrogens with one attached hydrogen (secondary N) is 1. The predicted octanol–water partition coefficient (Wildman–Crippen LogP) is 5.78. The highest BCUT2D eigenvalue weighted by molar-refractivity contribution is 7.12. The summed E-state index contributed by atoms with van der Waals surface area (Å²) in [4.78, 5) is 23.1. The summed E-state index contributed by atoms with van der Waals surface area (Å²) in [5, 5.41) is 2.99. The monoisotopic (exact) mass is 478 g/mol. The topological polar surface area (TPSA) is 58.1 Å². The molecular weight excluding hydrogens is 456 g/mol. The number of nitrogens with zero attached hydrogens (tertiary/aromatic N) is 3. The van der Waals surface area contributed by atoms with Crippen LogP contribution in [-0.2, 0) is 23.9 Å². The van der Waals surface area contributed by atoms with Crippen molar-refractivity contribution in [3.05, 3.63) is 69.4 Å². The number of aromatic nitrogens is 2. The molecule has 0 spiro atoms. The molecule has 4 rings (SSSR count). The van der Waals surface area contributed by atoms with E-state index in [9.17, 15) is 18.0 Å². The molecule has 1 N–H and O–H groups in total. The number of carbonyl (C=O) groups excluding carboxylic acids is 1. The van der Waals surface area contributed by atoms with E-state index in [1.165, 1.54) is 36.7 Å². The molecule has 0 aliphatic carbocycles. The van der Waals surface area contributed by atoms with E-state index in [2.05, 4.69) is 15.3 Å². The van der Waals surface area contributed by atoms with Gasteiger partial charge in [0, 0.05) is 22.7 Å². The van der Waals surface area contributed by atoms with Crippen LogP contribution in [0.15, 0.2) is 42.7 Å². The van der Waals surface area contributed by atoms with Gasteiger partial charge in [-0.05, 0) is 49.6 Å². The Bertz CT molecular complexity index is 1130. The van der Waals surface area contributed by atoms with Gasteiger partial charge in [0.05, 0.1) is 18.2 Å². The molecule has 3 aromatic rings. The molecule has 3 heterocycles. The molecule has 1 aliphatic rings. The summed E-state index contributed by atoms with van der Waals surface area (Å²) >= 11 is 1.48. The number of rotatable bonds is 7. The molecule has 1 fully saturated rings. The largest absolute Gasteiger partial charge is 0.416 e. The summed E-state index contributed by atoms with van der Waals surface area (Å²) < 4.78 is 54.0. The van der Waals surface area contributed by atoms with E-state index in [1.54, 1.807) is 4.90 Å².